The molecule has 1 amide bonds. The van der Waals surface area contributed by atoms with Gasteiger partial charge in [-0.25, -0.2) is 0 Å². The first-order valence-electron chi connectivity index (χ1n) is 6.74. The highest BCUT2D eigenvalue weighted by Gasteiger charge is 2.51. The maximum Gasteiger partial charge on any atom is 0.307 e. The second kappa shape index (κ2) is 5.07. The number of carboxylic acid groups (broad SMARTS) is 1. The van der Waals surface area contributed by atoms with Gasteiger partial charge in [0, 0.05) is 18.9 Å². The van der Waals surface area contributed by atoms with Gasteiger partial charge in [-0.15, -0.1) is 0 Å². The number of pyridine rings is 1. The Labute approximate surface area is 116 Å². The summed E-state index contributed by atoms with van der Waals surface area (Å²) in [5.74, 6) is -2.00. The van der Waals surface area contributed by atoms with Crippen LogP contribution < -0.4 is 5.32 Å². The standard InChI is InChI=1S/C15H16N2O3/c18-14(17-8-9-2-1-5-16-7-9)12-10-3-4-11(6-10)13(12)15(19)20/h1-5,7,10-13H,6,8H2,(H,17,18)(H,19,20)/t10-,11-,12-,13-/m0/s1. The van der Waals surface area contributed by atoms with E-state index in [1.165, 1.54) is 0 Å². The monoisotopic (exact) mass is 272 g/mol. The van der Waals surface area contributed by atoms with Crippen LogP contribution in [0.4, 0.5) is 0 Å². The normalized spacial score (nSPS) is 30.4. The fourth-order valence-corrected chi connectivity index (χ4v) is 3.33. The molecule has 2 aliphatic rings. The number of aliphatic carboxylic acids is 1. The van der Waals surface area contributed by atoms with E-state index in [0.29, 0.717) is 6.54 Å². The van der Waals surface area contributed by atoms with Crippen molar-refractivity contribution in [2.24, 2.45) is 23.7 Å². The molecular weight excluding hydrogens is 256 g/mol. The van der Waals surface area contributed by atoms with E-state index in [1.54, 1.807) is 12.4 Å². The minimum Gasteiger partial charge on any atom is -0.481 e. The molecule has 1 saturated carbocycles. The van der Waals surface area contributed by atoms with Gasteiger partial charge >= 0.3 is 5.97 Å². The second-order valence-corrected chi connectivity index (χ2v) is 5.42. The third-order valence-electron chi connectivity index (χ3n) is 4.24. The van der Waals surface area contributed by atoms with Crippen molar-refractivity contribution in [2.75, 3.05) is 0 Å². The number of allylic oxidation sites excluding steroid dienone is 2. The number of carbonyl (C=O) groups is 2. The highest BCUT2D eigenvalue weighted by molar-refractivity contribution is 5.86. The number of nitrogens with zero attached hydrogens (tertiary/aromatic N) is 1. The van der Waals surface area contributed by atoms with Crippen molar-refractivity contribution in [1.82, 2.24) is 10.3 Å². The van der Waals surface area contributed by atoms with Crippen molar-refractivity contribution < 1.29 is 14.7 Å². The van der Waals surface area contributed by atoms with Crippen molar-refractivity contribution in [1.29, 1.82) is 0 Å². The van der Waals surface area contributed by atoms with Crippen molar-refractivity contribution >= 4 is 11.9 Å². The van der Waals surface area contributed by atoms with E-state index in [-0.39, 0.29) is 17.7 Å². The smallest absolute Gasteiger partial charge is 0.307 e. The predicted molar refractivity (Wildman–Crippen MR) is 71.4 cm³/mol. The molecule has 0 aliphatic heterocycles. The number of aromatic nitrogens is 1. The summed E-state index contributed by atoms with van der Waals surface area (Å²) in [6, 6.07) is 3.68. The third kappa shape index (κ3) is 2.19. The summed E-state index contributed by atoms with van der Waals surface area (Å²) in [6.07, 6.45) is 8.07. The first kappa shape index (κ1) is 12.8. The molecule has 104 valence electrons. The van der Waals surface area contributed by atoms with E-state index in [1.807, 2.05) is 24.3 Å². The van der Waals surface area contributed by atoms with Crippen LogP contribution in [0.15, 0.2) is 36.7 Å². The summed E-state index contributed by atoms with van der Waals surface area (Å²) < 4.78 is 0. The lowest BCUT2D eigenvalue weighted by Crippen LogP contribution is -2.39. The minimum atomic E-state index is -0.872. The van der Waals surface area contributed by atoms with E-state index in [4.69, 9.17) is 0 Å². The highest BCUT2D eigenvalue weighted by atomic mass is 16.4. The summed E-state index contributed by atoms with van der Waals surface area (Å²) >= 11 is 0. The Morgan fingerprint density at radius 2 is 2.05 bits per heavy atom. The molecule has 0 unspecified atom stereocenters. The molecule has 0 spiro atoms. The average Bonchev–Trinajstić information content (AvgIpc) is 3.06. The fourth-order valence-electron chi connectivity index (χ4n) is 3.33. The van der Waals surface area contributed by atoms with Gasteiger partial charge in [-0.1, -0.05) is 18.2 Å². The number of nitrogens with one attached hydrogen (secondary N) is 1. The summed E-state index contributed by atoms with van der Waals surface area (Å²) in [7, 11) is 0. The molecule has 5 heteroatoms. The van der Waals surface area contributed by atoms with Crippen LogP contribution >= 0.6 is 0 Å². The molecule has 1 aromatic heterocycles. The number of carbonyl (C=O) groups excluding carboxylic acids is 1. The molecule has 2 N–H and O–H groups in total. The van der Waals surface area contributed by atoms with Crippen molar-refractivity contribution in [3.63, 3.8) is 0 Å². The Kier molecular flexibility index (Phi) is 3.26. The molecule has 2 aliphatic carbocycles. The van der Waals surface area contributed by atoms with Crippen molar-refractivity contribution in [3.05, 3.63) is 42.2 Å². The third-order valence-corrected chi connectivity index (χ3v) is 4.24. The SMILES string of the molecule is O=C(O)[C@@H]1[C@@H](C(=O)NCc2cccnc2)[C@H]2C=C[C@H]1C2. The van der Waals surface area contributed by atoms with Crippen LogP contribution in [-0.2, 0) is 16.1 Å². The van der Waals surface area contributed by atoms with Crippen LogP contribution in [0.2, 0.25) is 0 Å². The molecule has 1 aromatic rings. The van der Waals surface area contributed by atoms with E-state index in [9.17, 15) is 14.7 Å². The van der Waals surface area contributed by atoms with Crippen LogP contribution in [0.3, 0.4) is 0 Å². The van der Waals surface area contributed by atoms with Gasteiger partial charge in [0.15, 0.2) is 0 Å². The molecule has 0 aromatic carbocycles. The van der Waals surface area contributed by atoms with Gasteiger partial charge in [0.25, 0.3) is 0 Å². The lowest BCUT2D eigenvalue weighted by molar-refractivity contribution is -0.147. The van der Waals surface area contributed by atoms with Gasteiger partial charge in [0.1, 0.15) is 0 Å². The van der Waals surface area contributed by atoms with Gasteiger partial charge in [0.05, 0.1) is 11.8 Å². The number of fused-ring (bicyclic) bond motifs is 2. The molecule has 20 heavy (non-hydrogen) atoms. The number of hydrogen-bond donors (Lipinski definition) is 2. The predicted octanol–water partition coefficient (Wildman–Crippen LogP) is 1.22. The number of rotatable bonds is 4. The van der Waals surface area contributed by atoms with Crippen molar-refractivity contribution in [2.45, 2.75) is 13.0 Å². The Bertz CT molecular complexity index is 555. The van der Waals surface area contributed by atoms with Gasteiger partial charge < -0.3 is 10.4 Å². The molecule has 0 radical (unpaired) electrons. The Hall–Kier alpha value is -2.17. The molecular formula is C15H16N2O3. The molecule has 5 nitrogen and oxygen atoms in total. The molecule has 3 rings (SSSR count). The molecule has 2 bridgehead atoms. The van der Waals surface area contributed by atoms with Crippen LogP contribution in [0.5, 0.6) is 0 Å². The van der Waals surface area contributed by atoms with Gasteiger partial charge in [0.2, 0.25) is 5.91 Å². The van der Waals surface area contributed by atoms with E-state index in [2.05, 4.69) is 10.3 Å². The Morgan fingerprint density at radius 3 is 2.70 bits per heavy atom. The number of amides is 1. The van der Waals surface area contributed by atoms with E-state index in [0.717, 1.165) is 12.0 Å². The number of hydrogen-bond acceptors (Lipinski definition) is 3. The van der Waals surface area contributed by atoms with E-state index >= 15 is 0 Å². The van der Waals surface area contributed by atoms with Gasteiger partial charge in [-0.05, 0) is 29.9 Å². The zero-order valence-electron chi connectivity index (χ0n) is 10.9. The maximum atomic E-state index is 12.3. The lowest BCUT2D eigenvalue weighted by atomic mass is 9.82. The fraction of sp³-hybridized carbons (Fsp3) is 0.400. The molecule has 4 atom stereocenters. The Balaban J connectivity index is 1.68. The zero-order valence-corrected chi connectivity index (χ0v) is 10.9. The quantitative estimate of drug-likeness (QED) is 0.808. The van der Waals surface area contributed by atoms with Gasteiger partial charge in [-0.2, -0.15) is 0 Å². The first-order chi connectivity index (χ1) is 9.66. The van der Waals surface area contributed by atoms with Crippen LogP contribution in [-0.4, -0.2) is 22.0 Å². The van der Waals surface area contributed by atoms with E-state index < -0.39 is 17.8 Å². The van der Waals surface area contributed by atoms with Crippen LogP contribution in [0, 0.1) is 23.7 Å². The maximum absolute atomic E-state index is 12.3. The summed E-state index contributed by atoms with van der Waals surface area (Å²) in [5.41, 5.74) is 0.909. The summed E-state index contributed by atoms with van der Waals surface area (Å²) in [6.45, 7) is 0.386. The number of carboxylic acids is 1. The molecule has 1 heterocycles. The lowest BCUT2D eigenvalue weighted by Gasteiger charge is -2.23. The Morgan fingerprint density at radius 1 is 1.30 bits per heavy atom. The van der Waals surface area contributed by atoms with Crippen LogP contribution in [0.1, 0.15) is 12.0 Å². The molecule has 1 fully saturated rings. The van der Waals surface area contributed by atoms with Crippen molar-refractivity contribution in [3.8, 4) is 0 Å². The topological polar surface area (TPSA) is 79.3 Å². The summed E-state index contributed by atoms with van der Waals surface area (Å²) in [4.78, 5) is 27.6. The average molecular weight is 272 g/mol. The molecule has 0 saturated heterocycles. The highest BCUT2D eigenvalue weighted by Crippen LogP contribution is 2.48. The van der Waals surface area contributed by atoms with Crippen LogP contribution in [0.25, 0.3) is 0 Å². The minimum absolute atomic E-state index is 0.00615. The first-order valence-corrected chi connectivity index (χ1v) is 6.74. The second-order valence-electron chi connectivity index (χ2n) is 5.42. The summed E-state index contributed by atoms with van der Waals surface area (Å²) in [5, 5.41) is 12.2. The zero-order chi connectivity index (χ0) is 14.1. The largest absolute Gasteiger partial charge is 0.481 e. The van der Waals surface area contributed by atoms with Gasteiger partial charge in [-0.3, -0.25) is 14.6 Å².